The van der Waals surface area contributed by atoms with E-state index in [2.05, 4.69) is 64.1 Å². The molecule has 0 saturated heterocycles. The minimum absolute atomic E-state index is 0.0166. The number of allylic oxidation sites excluding steroid dienone is 4. The van der Waals surface area contributed by atoms with Crippen molar-refractivity contribution in [2.75, 3.05) is 0 Å². The molecule has 2 aliphatic rings. The number of nitrogens with zero attached hydrogens (tertiary/aromatic N) is 3. The molecule has 0 spiro atoms. The lowest BCUT2D eigenvalue weighted by Gasteiger charge is -2.45. The van der Waals surface area contributed by atoms with E-state index < -0.39 is 5.41 Å². The Morgan fingerprint density at radius 2 is 1.72 bits per heavy atom. The summed E-state index contributed by atoms with van der Waals surface area (Å²) in [6.45, 7) is 8.64. The van der Waals surface area contributed by atoms with Crippen LogP contribution in [0, 0.1) is 51.2 Å². The first kappa shape index (κ1) is 20.7. The fraction of sp³-hybridized carbons (Fsp3) is 0.480. The molecule has 0 unspecified atom stereocenters. The van der Waals surface area contributed by atoms with Crippen LogP contribution >= 0.6 is 0 Å². The van der Waals surface area contributed by atoms with Gasteiger partial charge in [0.1, 0.15) is 6.07 Å². The zero-order valence-corrected chi connectivity index (χ0v) is 17.7. The number of hydrogen-bond donors (Lipinski definition) is 1. The molecular formula is C25H28N4. The van der Waals surface area contributed by atoms with Gasteiger partial charge in [-0.25, -0.2) is 0 Å². The van der Waals surface area contributed by atoms with Crippen molar-refractivity contribution in [2.24, 2.45) is 23.0 Å². The first-order chi connectivity index (χ1) is 13.7. The molecule has 0 aromatic heterocycles. The molecule has 148 valence electrons. The topological polar surface area (TPSA) is 97.4 Å². The van der Waals surface area contributed by atoms with E-state index in [1.807, 2.05) is 12.1 Å². The van der Waals surface area contributed by atoms with Crippen LogP contribution in [0.15, 0.2) is 47.2 Å². The fourth-order valence-corrected chi connectivity index (χ4v) is 4.87. The lowest BCUT2D eigenvalue weighted by atomic mass is 9.55. The summed E-state index contributed by atoms with van der Waals surface area (Å²) in [4.78, 5) is 0. The standard InChI is InChI=1S/C25H28N4/c1-5-16-6-11-19-20(12-16)22(17-7-9-18(10-8-17)24(2,3)4)25(14-27,15-28)23(29)21(19)13-26/h7-11,16,20,22H,5-6,12,29H2,1-4H3/t16-,20+,22+/m1/s1. The molecule has 0 radical (unpaired) electrons. The highest BCUT2D eigenvalue weighted by atomic mass is 14.7. The lowest BCUT2D eigenvalue weighted by molar-refractivity contribution is 0.271. The van der Waals surface area contributed by atoms with Gasteiger partial charge in [0, 0.05) is 5.92 Å². The molecule has 2 N–H and O–H groups in total. The maximum Gasteiger partial charge on any atom is 0.191 e. The van der Waals surface area contributed by atoms with Crippen molar-refractivity contribution in [3.8, 4) is 18.2 Å². The minimum Gasteiger partial charge on any atom is -0.399 e. The predicted molar refractivity (Wildman–Crippen MR) is 113 cm³/mol. The smallest absolute Gasteiger partial charge is 0.191 e. The molecule has 0 saturated carbocycles. The summed E-state index contributed by atoms with van der Waals surface area (Å²) in [5.74, 6) is 0.0362. The largest absolute Gasteiger partial charge is 0.399 e. The Balaban J connectivity index is 2.25. The Kier molecular flexibility index (Phi) is 5.30. The van der Waals surface area contributed by atoms with E-state index in [0.29, 0.717) is 11.5 Å². The van der Waals surface area contributed by atoms with Crippen LogP contribution in [0.4, 0.5) is 0 Å². The van der Waals surface area contributed by atoms with E-state index in [4.69, 9.17) is 5.73 Å². The molecule has 1 aromatic rings. The highest BCUT2D eigenvalue weighted by Crippen LogP contribution is 2.56. The summed E-state index contributed by atoms with van der Waals surface area (Å²) < 4.78 is 0. The number of nitriles is 3. The molecule has 29 heavy (non-hydrogen) atoms. The van der Waals surface area contributed by atoms with Gasteiger partial charge in [0.15, 0.2) is 5.41 Å². The van der Waals surface area contributed by atoms with Gasteiger partial charge in [0.05, 0.1) is 23.4 Å². The Bertz CT molecular complexity index is 970. The second-order valence-corrected chi connectivity index (χ2v) is 9.29. The quantitative estimate of drug-likeness (QED) is 0.756. The number of nitrogens with two attached hydrogens (primary N) is 1. The van der Waals surface area contributed by atoms with Crippen molar-refractivity contribution in [3.63, 3.8) is 0 Å². The van der Waals surface area contributed by atoms with E-state index in [9.17, 15) is 15.8 Å². The monoisotopic (exact) mass is 384 g/mol. The normalized spacial score (nSPS) is 25.8. The second kappa shape index (κ2) is 7.42. The van der Waals surface area contributed by atoms with E-state index in [1.54, 1.807) is 0 Å². The number of rotatable bonds is 2. The average Bonchev–Trinajstić information content (AvgIpc) is 2.72. The van der Waals surface area contributed by atoms with Crippen LogP contribution in [0.5, 0.6) is 0 Å². The third kappa shape index (κ3) is 3.22. The van der Waals surface area contributed by atoms with Crippen molar-refractivity contribution in [1.82, 2.24) is 0 Å². The fourth-order valence-electron chi connectivity index (χ4n) is 4.87. The second-order valence-electron chi connectivity index (χ2n) is 9.29. The molecule has 0 bridgehead atoms. The molecule has 4 heteroatoms. The van der Waals surface area contributed by atoms with Gasteiger partial charge < -0.3 is 5.73 Å². The summed E-state index contributed by atoms with van der Waals surface area (Å²) in [5, 5.41) is 30.1. The Morgan fingerprint density at radius 3 is 2.21 bits per heavy atom. The Hall–Kier alpha value is -3.03. The first-order valence-electron chi connectivity index (χ1n) is 10.3. The molecule has 0 amide bonds. The van der Waals surface area contributed by atoms with Gasteiger partial charge in [-0.3, -0.25) is 0 Å². The van der Waals surface area contributed by atoms with Gasteiger partial charge in [-0.05, 0) is 46.8 Å². The molecule has 1 aromatic carbocycles. The maximum absolute atomic E-state index is 10.1. The van der Waals surface area contributed by atoms with Crippen LogP contribution in [-0.4, -0.2) is 0 Å². The summed E-state index contributed by atoms with van der Waals surface area (Å²) in [7, 11) is 0. The number of benzene rings is 1. The van der Waals surface area contributed by atoms with Crippen LogP contribution in [0.25, 0.3) is 0 Å². The van der Waals surface area contributed by atoms with E-state index in [1.165, 1.54) is 5.56 Å². The SMILES string of the molecule is CC[C@@H]1CC=C2C(C#N)=C(N)C(C#N)(C#N)[C@@H](c3ccc(C(C)(C)C)cc3)[C@H]2C1. The van der Waals surface area contributed by atoms with Crippen LogP contribution < -0.4 is 5.73 Å². The van der Waals surface area contributed by atoms with E-state index >= 15 is 0 Å². The molecular weight excluding hydrogens is 356 g/mol. The molecule has 3 rings (SSSR count). The lowest BCUT2D eigenvalue weighted by Crippen LogP contribution is -2.43. The van der Waals surface area contributed by atoms with Gasteiger partial charge in [-0.1, -0.05) is 64.5 Å². The summed E-state index contributed by atoms with van der Waals surface area (Å²) in [6.07, 6.45) is 4.91. The Morgan fingerprint density at radius 1 is 1.10 bits per heavy atom. The molecule has 3 atom stereocenters. The minimum atomic E-state index is -1.54. The van der Waals surface area contributed by atoms with Gasteiger partial charge in [-0.15, -0.1) is 0 Å². The third-order valence-electron chi connectivity index (χ3n) is 6.69. The van der Waals surface area contributed by atoms with Crippen molar-refractivity contribution in [2.45, 2.75) is 58.3 Å². The number of hydrogen-bond acceptors (Lipinski definition) is 4. The Labute approximate surface area is 173 Å². The van der Waals surface area contributed by atoms with Crippen LogP contribution in [-0.2, 0) is 5.41 Å². The van der Waals surface area contributed by atoms with Crippen LogP contribution in [0.1, 0.15) is 64.0 Å². The highest BCUT2D eigenvalue weighted by Gasteiger charge is 2.54. The average molecular weight is 385 g/mol. The molecule has 0 aliphatic heterocycles. The van der Waals surface area contributed by atoms with Gasteiger partial charge in [0.25, 0.3) is 0 Å². The molecule has 2 aliphatic carbocycles. The van der Waals surface area contributed by atoms with Crippen molar-refractivity contribution >= 4 is 0 Å². The first-order valence-corrected chi connectivity index (χ1v) is 10.3. The predicted octanol–water partition coefficient (Wildman–Crippen LogP) is 5.21. The highest BCUT2D eigenvalue weighted by molar-refractivity contribution is 5.59. The van der Waals surface area contributed by atoms with Crippen molar-refractivity contribution in [1.29, 1.82) is 15.8 Å². The summed E-state index contributed by atoms with van der Waals surface area (Å²) in [5.41, 5.74) is 8.33. The maximum atomic E-state index is 10.1. The third-order valence-corrected chi connectivity index (χ3v) is 6.69. The van der Waals surface area contributed by atoms with Crippen molar-refractivity contribution < 1.29 is 0 Å². The van der Waals surface area contributed by atoms with Crippen LogP contribution in [0.3, 0.4) is 0 Å². The summed E-state index contributed by atoms with van der Waals surface area (Å²) >= 11 is 0. The van der Waals surface area contributed by atoms with Gasteiger partial charge in [-0.2, -0.15) is 15.8 Å². The molecule has 0 fully saturated rings. The summed E-state index contributed by atoms with van der Waals surface area (Å²) in [6, 6.07) is 14.9. The zero-order valence-electron chi connectivity index (χ0n) is 17.7. The zero-order chi connectivity index (χ0) is 21.4. The van der Waals surface area contributed by atoms with Crippen LogP contribution in [0.2, 0.25) is 0 Å². The van der Waals surface area contributed by atoms with Gasteiger partial charge in [0.2, 0.25) is 0 Å². The van der Waals surface area contributed by atoms with E-state index in [-0.39, 0.29) is 22.9 Å². The number of fused-ring (bicyclic) bond motifs is 1. The molecule has 4 nitrogen and oxygen atoms in total. The van der Waals surface area contributed by atoms with Gasteiger partial charge >= 0.3 is 0 Å². The van der Waals surface area contributed by atoms with E-state index in [0.717, 1.165) is 30.4 Å². The van der Waals surface area contributed by atoms with Crippen molar-refractivity contribution in [3.05, 3.63) is 58.3 Å². The molecule has 0 heterocycles.